The second-order valence-corrected chi connectivity index (χ2v) is 7.08. The fraction of sp³-hybridized carbons (Fsp3) is 0.667. The van der Waals surface area contributed by atoms with Crippen molar-refractivity contribution in [2.75, 3.05) is 0 Å². The van der Waals surface area contributed by atoms with E-state index in [9.17, 15) is 0 Å². The normalized spacial score (nSPS) is 37.1. The van der Waals surface area contributed by atoms with Crippen molar-refractivity contribution in [1.29, 1.82) is 0 Å². The minimum absolute atomic E-state index is 0.461. The van der Waals surface area contributed by atoms with Crippen LogP contribution in [0.1, 0.15) is 58.1 Å². The molecule has 0 heterocycles. The molecule has 0 radical (unpaired) electrons. The third kappa shape index (κ3) is 1.27. The molecule has 3 fully saturated rings. The van der Waals surface area contributed by atoms with Crippen LogP contribution < -0.4 is 0 Å². The van der Waals surface area contributed by atoms with Crippen LogP contribution in [0.15, 0.2) is 24.3 Å². The highest BCUT2D eigenvalue weighted by Gasteiger charge is 2.65. The molecule has 3 atom stereocenters. The number of rotatable bonds is 2. The molecule has 0 N–H and O–H groups in total. The molecule has 3 aliphatic carbocycles. The maximum atomic E-state index is 2.52. The van der Waals surface area contributed by atoms with E-state index in [1.165, 1.54) is 25.7 Å². The van der Waals surface area contributed by atoms with Gasteiger partial charge in [-0.3, -0.25) is 0 Å². The Kier molecular flexibility index (Phi) is 2.63. The molecule has 1 aromatic carbocycles. The molecule has 3 unspecified atom stereocenters. The predicted molar refractivity (Wildman–Crippen MR) is 77.8 cm³/mol. The highest BCUT2D eigenvalue weighted by molar-refractivity contribution is 5.41. The average molecular weight is 242 g/mol. The van der Waals surface area contributed by atoms with Crippen LogP contribution in [0.2, 0.25) is 0 Å². The summed E-state index contributed by atoms with van der Waals surface area (Å²) >= 11 is 0. The first-order chi connectivity index (χ1) is 8.54. The quantitative estimate of drug-likeness (QED) is 0.687. The summed E-state index contributed by atoms with van der Waals surface area (Å²) in [5.41, 5.74) is 4.21. The van der Waals surface area contributed by atoms with E-state index in [0.717, 1.165) is 11.8 Å². The van der Waals surface area contributed by atoms with Crippen molar-refractivity contribution in [1.82, 2.24) is 0 Å². The Morgan fingerprint density at radius 2 is 1.89 bits per heavy atom. The summed E-state index contributed by atoms with van der Waals surface area (Å²) in [5, 5.41) is 0. The van der Waals surface area contributed by atoms with Gasteiger partial charge in [0.2, 0.25) is 0 Å². The lowest BCUT2D eigenvalue weighted by molar-refractivity contribution is -0.134. The molecular weight excluding hydrogens is 216 g/mol. The van der Waals surface area contributed by atoms with Crippen LogP contribution in [0, 0.1) is 17.3 Å². The Hall–Kier alpha value is -0.780. The molecule has 3 saturated carbocycles. The van der Waals surface area contributed by atoms with Gasteiger partial charge in [-0.2, -0.15) is 0 Å². The van der Waals surface area contributed by atoms with Crippen molar-refractivity contribution in [2.24, 2.45) is 17.3 Å². The van der Waals surface area contributed by atoms with Crippen LogP contribution in [0.5, 0.6) is 0 Å². The molecule has 4 rings (SSSR count). The molecule has 2 bridgehead atoms. The number of benzene rings is 1. The van der Waals surface area contributed by atoms with E-state index >= 15 is 0 Å². The summed E-state index contributed by atoms with van der Waals surface area (Å²) in [5.74, 6) is 1.80. The Balaban J connectivity index is 2.14. The number of hydrogen-bond acceptors (Lipinski definition) is 0. The molecule has 0 spiro atoms. The van der Waals surface area contributed by atoms with E-state index in [2.05, 4.69) is 52.0 Å². The summed E-state index contributed by atoms with van der Waals surface area (Å²) < 4.78 is 0. The van der Waals surface area contributed by atoms with Crippen LogP contribution in [0.3, 0.4) is 0 Å². The molecule has 18 heavy (non-hydrogen) atoms. The third-order valence-electron chi connectivity index (χ3n) is 6.41. The van der Waals surface area contributed by atoms with Gasteiger partial charge in [-0.1, -0.05) is 52.0 Å². The van der Waals surface area contributed by atoms with Crippen molar-refractivity contribution < 1.29 is 0 Å². The zero-order valence-corrected chi connectivity index (χ0v) is 12.3. The van der Waals surface area contributed by atoms with E-state index in [1.54, 1.807) is 11.1 Å². The van der Waals surface area contributed by atoms with E-state index in [0.29, 0.717) is 10.8 Å². The molecule has 3 aliphatic rings. The first-order valence-corrected chi connectivity index (χ1v) is 7.62. The summed E-state index contributed by atoms with van der Waals surface area (Å²) in [6, 6.07) is 9.21. The second kappa shape index (κ2) is 3.85. The number of hydrogen-bond donors (Lipinski definition) is 0. The van der Waals surface area contributed by atoms with Crippen LogP contribution in [0.4, 0.5) is 0 Å². The van der Waals surface area contributed by atoms with Crippen LogP contribution >= 0.6 is 0 Å². The molecule has 98 valence electrons. The molecular formula is C18H26. The highest BCUT2D eigenvalue weighted by atomic mass is 14.7. The maximum Gasteiger partial charge on any atom is 0.00379 e. The summed E-state index contributed by atoms with van der Waals surface area (Å²) in [4.78, 5) is 0. The van der Waals surface area contributed by atoms with Crippen molar-refractivity contribution in [2.45, 2.75) is 58.8 Å². The largest absolute Gasteiger partial charge is 0.0620 e. The minimum atomic E-state index is 0.461. The molecule has 0 aromatic heterocycles. The Morgan fingerprint density at radius 3 is 2.50 bits per heavy atom. The number of fused-ring (bicyclic) bond motifs is 2. The predicted octanol–water partition coefficient (Wildman–Crippen LogP) is 4.96. The van der Waals surface area contributed by atoms with Crippen LogP contribution in [-0.2, 0) is 11.8 Å². The zero-order chi connectivity index (χ0) is 13.0. The van der Waals surface area contributed by atoms with Gasteiger partial charge in [-0.05, 0) is 54.1 Å². The first kappa shape index (κ1) is 12.3. The van der Waals surface area contributed by atoms with Crippen LogP contribution in [0.25, 0.3) is 0 Å². The molecule has 0 amide bonds. The standard InChI is InChI=1S/C18H26/c1-5-14-8-6-7-9-16(14)18-12-15(17(18,3)4)11-10-13(18)2/h6-9,13,15H,5,10-12H2,1-4H3. The monoisotopic (exact) mass is 242 g/mol. The molecule has 0 nitrogen and oxygen atoms in total. The van der Waals surface area contributed by atoms with Gasteiger partial charge in [0.25, 0.3) is 0 Å². The molecule has 0 heteroatoms. The van der Waals surface area contributed by atoms with Gasteiger partial charge in [0.05, 0.1) is 0 Å². The Morgan fingerprint density at radius 1 is 1.17 bits per heavy atom. The fourth-order valence-electron chi connectivity index (χ4n) is 5.12. The third-order valence-corrected chi connectivity index (χ3v) is 6.41. The Labute approximate surface area is 112 Å². The lowest BCUT2D eigenvalue weighted by atomic mass is 9.35. The van der Waals surface area contributed by atoms with E-state index < -0.39 is 0 Å². The summed E-state index contributed by atoms with van der Waals surface area (Å²) in [6.45, 7) is 9.82. The van der Waals surface area contributed by atoms with E-state index in [4.69, 9.17) is 0 Å². The van der Waals surface area contributed by atoms with E-state index in [-0.39, 0.29) is 0 Å². The summed E-state index contributed by atoms with van der Waals surface area (Å²) in [6.07, 6.45) is 5.47. The average Bonchev–Trinajstić information content (AvgIpc) is 2.38. The maximum absolute atomic E-state index is 2.52. The summed E-state index contributed by atoms with van der Waals surface area (Å²) in [7, 11) is 0. The minimum Gasteiger partial charge on any atom is -0.0620 e. The van der Waals surface area contributed by atoms with Crippen molar-refractivity contribution in [3.8, 4) is 0 Å². The van der Waals surface area contributed by atoms with Crippen molar-refractivity contribution in [3.05, 3.63) is 35.4 Å². The SMILES string of the molecule is CCc1ccccc1C12CC(CCC1C)C2(C)C. The molecule has 1 aromatic rings. The van der Waals surface area contributed by atoms with Gasteiger partial charge in [0, 0.05) is 5.41 Å². The molecule has 0 aliphatic heterocycles. The van der Waals surface area contributed by atoms with Crippen molar-refractivity contribution >= 4 is 0 Å². The van der Waals surface area contributed by atoms with Gasteiger partial charge >= 0.3 is 0 Å². The zero-order valence-electron chi connectivity index (χ0n) is 12.3. The van der Waals surface area contributed by atoms with Crippen molar-refractivity contribution in [3.63, 3.8) is 0 Å². The molecule has 0 saturated heterocycles. The first-order valence-electron chi connectivity index (χ1n) is 7.62. The van der Waals surface area contributed by atoms with Gasteiger partial charge in [0.15, 0.2) is 0 Å². The smallest absolute Gasteiger partial charge is 0.00379 e. The lowest BCUT2D eigenvalue weighted by Crippen LogP contribution is -2.64. The van der Waals surface area contributed by atoms with Crippen LogP contribution in [-0.4, -0.2) is 0 Å². The number of aryl methyl sites for hydroxylation is 1. The van der Waals surface area contributed by atoms with Gasteiger partial charge < -0.3 is 0 Å². The Bertz CT molecular complexity index is 457. The fourth-order valence-corrected chi connectivity index (χ4v) is 5.12. The highest BCUT2D eigenvalue weighted by Crippen LogP contribution is 2.70. The second-order valence-electron chi connectivity index (χ2n) is 7.08. The lowest BCUT2D eigenvalue weighted by Gasteiger charge is -2.69. The van der Waals surface area contributed by atoms with E-state index in [1.807, 2.05) is 0 Å². The topological polar surface area (TPSA) is 0 Å². The van der Waals surface area contributed by atoms with Gasteiger partial charge in [-0.15, -0.1) is 0 Å². The van der Waals surface area contributed by atoms with Gasteiger partial charge in [0.1, 0.15) is 0 Å². The van der Waals surface area contributed by atoms with Gasteiger partial charge in [-0.25, -0.2) is 0 Å².